The molecule has 0 aromatic heterocycles. The van der Waals surface area contributed by atoms with Crippen LogP contribution >= 0.6 is 0 Å². The van der Waals surface area contributed by atoms with Crippen LogP contribution in [0.4, 0.5) is 0 Å². The first kappa shape index (κ1) is 16.2. The molecule has 5 nitrogen and oxygen atoms in total. The van der Waals surface area contributed by atoms with Crippen molar-refractivity contribution in [2.24, 2.45) is 10.4 Å². The Morgan fingerprint density at radius 1 is 1.11 bits per heavy atom. The first-order chi connectivity index (χ1) is 9.26. The van der Waals surface area contributed by atoms with E-state index < -0.39 is 0 Å². The monoisotopic (exact) mass is 271 g/mol. The van der Waals surface area contributed by atoms with E-state index in [1.807, 2.05) is 0 Å². The Bertz CT molecular complexity index is 263. The Morgan fingerprint density at radius 2 is 1.79 bits per heavy atom. The van der Waals surface area contributed by atoms with Crippen LogP contribution in [0.3, 0.4) is 0 Å². The maximum Gasteiger partial charge on any atom is 0.191 e. The van der Waals surface area contributed by atoms with Crippen molar-refractivity contribution in [3.8, 4) is 0 Å². The molecule has 1 fully saturated rings. The van der Waals surface area contributed by atoms with Gasteiger partial charge in [-0.1, -0.05) is 12.8 Å². The van der Waals surface area contributed by atoms with Crippen molar-refractivity contribution in [3.05, 3.63) is 0 Å². The number of methoxy groups -OCH3 is 2. The van der Waals surface area contributed by atoms with Crippen LogP contribution in [0.15, 0.2) is 4.99 Å². The van der Waals surface area contributed by atoms with Crippen LogP contribution in [0, 0.1) is 5.41 Å². The molecule has 112 valence electrons. The van der Waals surface area contributed by atoms with Crippen LogP contribution in [-0.4, -0.2) is 53.5 Å². The molecule has 1 aliphatic carbocycles. The maximum absolute atomic E-state index is 5.25. The second-order valence-electron chi connectivity index (χ2n) is 5.30. The number of nitrogens with zero attached hydrogens (tertiary/aromatic N) is 1. The van der Waals surface area contributed by atoms with Crippen LogP contribution in [0.2, 0.25) is 0 Å². The predicted octanol–water partition coefficient (Wildman–Crippen LogP) is 1.39. The highest BCUT2D eigenvalue weighted by atomic mass is 16.5. The van der Waals surface area contributed by atoms with Crippen LogP contribution in [0.1, 0.15) is 32.1 Å². The van der Waals surface area contributed by atoms with Gasteiger partial charge in [0, 0.05) is 41.0 Å². The highest BCUT2D eigenvalue weighted by Gasteiger charge is 2.33. The number of hydrogen-bond donors (Lipinski definition) is 2. The van der Waals surface area contributed by atoms with E-state index in [4.69, 9.17) is 9.47 Å². The minimum atomic E-state index is 0.384. The second-order valence-corrected chi connectivity index (χ2v) is 5.30. The normalized spacial score (nSPS) is 18.6. The number of ether oxygens (including phenoxy) is 2. The van der Waals surface area contributed by atoms with Crippen molar-refractivity contribution in [3.63, 3.8) is 0 Å². The molecule has 0 saturated heterocycles. The molecular weight excluding hydrogens is 242 g/mol. The van der Waals surface area contributed by atoms with E-state index in [1.165, 1.54) is 25.7 Å². The molecule has 1 saturated carbocycles. The zero-order valence-electron chi connectivity index (χ0n) is 12.6. The average molecular weight is 271 g/mol. The molecular formula is C14H29N3O2. The molecule has 0 amide bonds. The van der Waals surface area contributed by atoms with E-state index in [0.717, 1.165) is 32.1 Å². The summed E-state index contributed by atoms with van der Waals surface area (Å²) in [6.07, 6.45) is 6.38. The minimum absolute atomic E-state index is 0.384. The third-order valence-corrected chi connectivity index (χ3v) is 3.95. The first-order valence-corrected chi connectivity index (χ1v) is 7.19. The Balaban J connectivity index is 2.37. The lowest BCUT2D eigenvalue weighted by Gasteiger charge is -2.29. The quantitative estimate of drug-likeness (QED) is 0.398. The SMILES string of the molecule is CN=C(NCCOC)NCC1(CCOC)CCCC1. The van der Waals surface area contributed by atoms with E-state index in [-0.39, 0.29) is 0 Å². The van der Waals surface area contributed by atoms with Gasteiger partial charge in [-0.3, -0.25) is 4.99 Å². The summed E-state index contributed by atoms with van der Waals surface area (Å²) >= 11 is 0. The first-order valence-electron chi connectivity index (χ1n) is 7.19. The molecule has 0 heterocycles. The minimum Gasteiger partial charge on any atom is -0.385 e. The maximum atomic E-state index is 5.25. The molecule has 0 aromatic carbocycles. The summed E-state index contributed by atoms with van der Waals surface area (Å²) in [7, 11) is 5.29. The summed E-state index contributed by atoms with van der Waals surface area (Å²) in [5, 5.41) is 6.70. The van der Waals surface area contributed by atoms with Gasteiger partial charge in [-0.2, -0.15) is 0 Å². The van der Waals surface area contributed by atoms with Crippen LogP contribution in [0.5, 0.6) is 0 Å². The van der Waals surface area contributed by atoms with Crippen molar-refractivity contribution in [2.75, 3.05) is 47.6 Å². The fraction of sp³-hybridized carbons (Fsp3) is 0.929. The van der Waals surface area contributed by atoms with Gasteiger partial charge in [-0.15, -0.1) is 0 Å². The predicted molar refractivity (Wildman–Crippen MR) is 78.6 cm³/mol. The van der Waals surface area contributed by atoms with Gasteiger partial charge in [0.2, 0.25) is 0 Å². The summed E-state index contributed by atoms with van der Waals surface area (Å²) in [5.74, 6) is 0.862. The fourth-order valence-electron chi connectivity index (χ4n) is 2.72. The smallest absolute Gasteiger partial charge is 0.191 e. The van der Waals surface area contributed by atoms with Crippen molar-refractivity contribution < 1.29 is 9.47 Å². The van der Waals surface area contributed by atoms with Gasteiger partial charge in [0.25, 0.3) is 0 Å². The lowest BCUT2D eigenvalue weighted by atomic mass is 9.83. The lowest BCUT2D eigenvalue weighted by molar-refractivity contribution is 0.138. The van der Waals surface area contributed by atoms with E-state index in [9.17, 15) is 0 Å². The van der Waals surface area contributed by atoms with E-state index in [2.05, 4.69) is 15.6 Å². The number of aliphatic imine (C=N–C) groups is 1. The summed E-state index contributed by atoms with van der Waals surface area (Å²) in [6.45, 7) is 3.29. The number of hydrogen-bond acceptors (Lipinski definition) is 3. The number of guanidine groups is 1. The number of rotatable bonds is 8. The third-order valence-electron chi connectivity index (χ3n) is 3.95. The molecule has 2 N–H and O–H groups in total. The van der Waals surface area contributed by atoms with E-state index in [0.29, 0.717) is 12.0 Å². The Hall–Kier alpha value is -0.810. The molecule has 0 aliphatic heterocycles. The molecule has 1 rings (SSSR count). The molecule has 1 aliphatic rings. The zero-order chi connectivity index (χ0) is 14.0. The molecule has 19 heavy (non-hydrogen) atoms. The van der Waals surface area contributed by atoms with E-state index in [1.54, 1.807) is 21.3 Å². The van der Waals surface area contributed by atoms with Gasteiger partial charge < -0.3 is 20.1 Å². The molecule has 0 atom stereocenters. The van der Waals surface area contributed by atoms with Crippen molar-refractivity contribution in [2.45, 2.75) is 32.1 Å². The Labute approximate surface area is 117 Å². The van der Waals surface area contributed by atoms with Crippen LogP contribution < -0.4 is 10.6 Å². The van der Waals surface area contributed by atoms with Crippen LogP contribution in [-0.2, 0) is 9.47 Å². The highest BCUT2D eigenvalue weighted by Crippen LogP contribution is 2.40. The second kappa shape index (κ2) is 9.15. The van der Waals surface area contributed by atoms with E-state index >= 15 is 0 Å². The molecule has 0 unspecified atom stereocenters. The summed E-state index contributed by atoms with van der Waals surface area (Å²) in [4.78, 5) is 4.24. The molecule has 0 bridgehead atoms. The third kappa shape index (κ3) is 5.78. The standard InChI is InChI=1S/C14H29N3O2/c1-15-13(16-9-11-19-3)17-12-14(8-10-18-2)6-4-5-7-14/h4-12H2,1-3H3,(H2,15,16,17). The van der Waals surface area contributed by atoms with Gasteiger partial charge >= 0.3 is 0 Å². The Morgan fingerprint density at radius 3 is 2.37 bits per heavy atom. The van der Waals surface area contributed by atoms with Crippen molar-refractivity contribution in [1.29, 1.82) is 0 Å². The van der Waals surface area contributed by atoms with Gasteiger partial charge in [0.05, 0.1) is 6.61 Å². The summed E-state index contributed by atoms with van der Waals surface area (Å²) in [5.41, 5.74) is 0.384. The Kier molecular flexibility index (Phi) is 7.82. The lowest BCUT2D eigenvalue weighted by Crippen LogP contribution is -2.44. The molecule has 5 heteroatoms. The number of nitrogens with one attached hydrogen (secondary N) is 2. The highest BCUT2D eigenvalue weighted by molar-refractivity contribution is 5.79. The van der Waals surface area contributed by atoms with Crippen molar-refractivity contribution in [1.82, 2.24) is 10.6 Å². The van der Waals surface area contributed by atoms with Gasteiger partial charge in [-0.05, 0) is 24.7 Å². The van der Waals surface area contributed by atoms with Gasteiger partial charge in [0.15, 0.2) is 5.96 Å². The van der Waals surface area contributed by atoms with Gasteiger partial charge in [0.1, 0.15) is 0 Å². The average Bonchev–Trinajstić information content (AvgIpc) is 2.90. The molecule has 0 spiro atoms. The summed E-state index contributed by atoms with van der Waals surface area (Å²) < 4.78 is 10.3. The van der Waals surface area contributed by atoms with Crippen molar-refractivity contribution >= 4 is 5.96 Å². The zero-order valence-corrected chi connectivity index (χ0v) is 12.6. The summed E-state index contributed by atoms with van der Waals surface area (Å²) in [6, 6.07) is 0. The van der Waals surface area contributed by atoms with Crippen LogP contribution in [0.25, 0.3) is 0 Å². The largest absolute Gasteiger partial charge is 0.385 e. The van der Waals surface area contributed by atoms with Gasteiger partial charge in [-0.25, -0.2) is 0 Å². The molecule has 0 aromatic rings. The topological polar surface area (TPSA) is 54.9 Å². The fourth-order valence-corrected chi connectivity index (χ4v) is 2.72. The molecule has 0 radical (unpaired) electrons.